The molecule has 1 fully saturated rings. The average molecular weight is 474 g/mol. The Morgan fingerprint density at radius 3 is 2.12 bits per heavy atom. The van der Waals surface area contributed by atoms with E-state index in [4.69, 9.17) is 4.74 Å². The number of anilines is 1. The zero-order chi connectivity index (χ0) is 24.2. The monoisotopic (exact) mass is 473 g/mol. The van der Waals surface area contributed by atoms with Crippen molar-refractivity contribution in [2.45, 2.75) is 50.1 Å². The van der Waals surface area contributed by atoms with Gasteiger partial charge in [-0.25, -0.2) is 12.7 Å². The van der Waals surface area contributed by atoms with E-state index in [0.717, 1.165) is 23.6 Å². The number of nitrogens with zero attached hydrogens (tertiary/aromatic N) is 2. The summed E-state index contributed by atoms with van der Waals surface area (Å²) in [6.07, 6.45) is 3.15. The summed E-state index contributed by atoms with van der Waals surface area (Å²) in [5.74, 6) is 0.142. The lowest BCUT2D eigenvalue weighted by Crippen LogP contribution is -2.49. The van der Waals surface area contributed by atoms with E-state index in [2.05, 4.69) is 19.2 Å². The molecule has 1 N–H and O–H groups in total. The van der Waals surface area contributed by atoms with E-state index in [1.807, 2.05) is 4.90 Å². The second-order valence-electron chi connectivity index (χ2n) is 8.51. The van der Waals surface area contributed by atoms with E-state index in [0.29, 0.717) is 17.0 Å². The van der Waals surface area contributed by atoms with E-state index < -0.39 is 10.0 Å². The summed E-state index contributed by atoms with van der Waals surface area (Å²) in [5, 5.41) is 2.74. The van der Waals surface area contributed by atoms with Gasteiger partial charge < -0.3 is 15.0 Å². The van der Waals surface area contributed by atoms with Gasteiger partial charge in [-0.05, 0) is 81.6 Å². The van der Waals surface area contributed by atoms with Crippen molar-refractivity contribution < 1.29 is 22.7 Å². The maximum absolute atomic E-state index is 12.6. The molecule has 2 amide bonds. The molecule has 3 rings (SSSR count). The lowest BCUT2D eigenvalue weighted by Gasteiger charge is -2.38. The van der Waals surface area contributed by atoms with Gasteiger partial charge in [-0.15, -0.1) is 0 Å². The van der Waals surface area contributed by atoms with Crippen LogP contribution in [0.1, 0.15) is 43.5 Å². The van der Waals surface area contributed by atoms with Gasteiger partial charge in [0.2, 0.25) is 10.0 Å². The highest BCUT2D eigenvalue weighted by atomic mass is 32.2. The Bertz CT molecular complexity index is 1070. The molecule has 8 nitrogen and oxygen atoms in total. The molecular formula is C24H31N3O5S. The first kappa shape index (κ1) is 24.7. The number of hydrogen-bond acceptors (Lipinski definition) is 5. The van der Waals surface area contributed by atoms with Gasteiger partial charge in [-0.3, -0.25) is 9.59 Å². The van der Waals surface area contributed by atoms with Crippen LogP contribution in [0.4, 0.5) is 5.69 Å². The van der Waals surface area contributed by atoms with Gasteiger partial charge in [-0.1, -0.05) is 0 Å². The number of likely N-dealkylation sites (tertiary alicyclic amines) is 1. The fourth-order valence-corrected chi connectivity index (χ4v) is 4.86. The molecule has 0 aromatic heterocycles. The summed E-state index contributed by atoms with van der Waals surface area (Å²) in [7, 11) is -0.602. The standard InChI is InChI=1S/C24H31N3O5S/c1-17-6-5-7-18(2)27(17)23(28)16-32-21-12-8-19(9-13-21)24(29)25-20-10-14-22(15-11-20)33(30,31)26(3)4/h8-15,17-18H,5-7,16H2,1-4H3,(H,25,29)/t17-,18-/m1/s1. The third-order valence-electron chi connectivity index (χ3n) is 5.85. The number of benzene rings is 2. The molecule has 0 unspecified atom stereocenters. The van der Waals surface area contributed by atoms with Crippen LogP contribution in [0.5, 0.6) is 5.75 Å². The SMILES string of the molecule is C[C@@H]1CCC[C@@H](C)N1C(=O)COc1ccc(C(=O)Nc2ccc(S(=O)(=O)N(C)C)cc2)cc1. The second kappa shape index (κ2) is 10.4. The van der Waals surface area contributed by atoms with Crippen molar-refractivity contribution in [1.29, 1.82) is 0 Å². The minimum absolute atomic E-state index is 0.0313. The van der Waals surface area contributed by atoms with Crippen LogP contribution in [0.3, 0.4) is 0 Å². The third-order valence-corrected chi connectivity index (χ3v) is 7.68. The zero-order valence-corrected chi connectivity index (χ0v) is 20.3. The van der Waals surface area contributed by atoms with Gasteiger partial charge in [0.25, 0.3) is 11.8 Å². The smallest absolute Gasteiger partial charge is 0.260 e. The van der Waals surface area contributed by atoms with Crippen molar-refractivity contribution in [1.82, 2.24) is 9.21 Å². The highest BCUT2D eigenvalue weighted by Crippen LogP contribution is 2.23. The molecule has 178 valence electrons. The fraction of sp³-hybridized carbons (Fsp3) is 0.417. The van der Waals surface area contributed by atoms with Crippen molar-refractivity contribution in [2.75, 3.05) is 26.0 Å². The van der Waals surface area contributed by atoms with Crippen LogP contribution in [0, 0.1) is 0 Å². The molecule has 9 heteroatoms. The number of nitrogens with one attached hydrogen (secondary N) is 1. The van der Waals surface area contributed by atoms with Crippen molar-refractivity contribution >= 4 is 27.5 Å². The Labute approximate surface area is 195 Å². The summed E-state index contributed by atoms with van der Waals surface area (Å²) in [5.41, 5.74) is 0.894. The van der Waals surface area contributed by atoms with E-state index in [1.54, 1.807) is 36.4 Å². The van der Waals surface area contributed by atoms with Gasteiger partial charge in [0, 0.05) is 37.4 Å². The molecule has 1 aliphatic rings. The van der Waals surface area contributed by atoms with Crippen LogP contribution >= 0.6 is 0 Å². The van der Waals surface area contributed by atoms with Crippen molar-refractivity contribution in [2.24, 2.45) is 0 Å². The molecule has 1 saturated heterocycles. The summed E-state index contributed by atoms with van der Waals surface area (Å²) in [6, 6.07) is 12.9. The van der Waals surface area contributed by atoms with Gasteiger partial charge in [0.15, 0.2) is 6.61 Å². The van der Waals surface area contributed by atoms with Crippen LogP contribution in [-0.4, -0.2) is 62.2 Å². The molecule has 0 spiro atoms. The second-order valence-corrected chi connectivity index (χ2v) is 10.7. The number of carbonyl (C=O) groups excluding carboxylic acids is 2. The topological polar surface area (TPSA) is 96.0 Å². The molecule has 0 saturated carbocycles. The van der Waals surface area contributed by atoms with Crippen molar-refractivity contribution in [3.8, 4) is 5.75 Å². The van der Waals surface area contributed by atoms with Gasteiger partial charge in [-0.2, -0.15) is 0 Å². The minimum Gasteiger partial charge on any atom is -0.484 e. The molecular weight excluding hydrogens is 442 g/mol. The molecule has 2 aromatic carbocycles. The summed E-state index contributed by atoms with van der Waals surface area (Å²) < 4.78 is 31.1. The van der Waals surface area contributed by atoms with Crippen molar-refractivity contribution in [3.63, 3.8) is 0 Å². The van der Waals surface area contributed by atoms with E-state index in [1.165, 1.54) is 26.2 Å². The molecule has 1 aliphatic heterocycles. The first-order valence-corrected chi connectivity index (χ1v) is 12.4. The third kappa shape index (κ3) is 5.91. The lowest BCUT2D eigenvalue weighted by atomic mass is 9.97. The highest BCUT2D eigenvalue weighted by molar-refractivity contribution is 7.89. The molecule has 1 heterocycles. The molecule has 0 aliphatic carbocycles. The molecule has 2 atom stereocenters. The number of amides is 2. The Morgan fingerprint density at radius 1 is 1.00 bits per heavy atom. The number of ether oxygens (including phenoxy) is 1. The van der Waals surface area contributed by atoms with Crippen LogP contribution in [0.25, 0.3) is 0 Å². The summed E-state index contributed by atoms with van der Waals surface area (Å²) in [6.45, 7) is 4.09. The van der Waals surface area contributed by atoms with Crippen LogP contribution in [0.2, 0.25) is 0 Å². The maximum atomic E-state index is 12.6. The number of rotatable bonds is 7. The van der Waals surface area contributed by atoms with Crippen LogP contribution < -0.4 is 10.1 Å². The first-order valence-electron chi connectivity index (χ1n) is 11.0. The Hall–Kier alpha value is -2.91. The van der Waals surface area contributed by atoms with Gasteiger partial charge >= 0.3 is 0 Å². The number of sulfonamides is 1. The number of hydrogen-bond donors (Lipinski definition) is 1. The van der Waals surface area contributed by atoms with Gasteiger partial charge in [0.05, 0.1) is 4.90 Å². The minimum atomic E-state index is -3.52. The maximum Gasteiger partial charge on any atom is 0.260 e. The Balaban J connectivity index is 1.56. The summed E-state index contributed by atoms with van der Waals surface area (Å²) >= 11 is 0. The number of carbonyl (C=O) groups is 2. The van der Waals surface area contributed by atoms with Gasteiger partial charge in [0.1, 0.15) is 5.75 Å². The summed E-state index contributed by atoms with van der Waals surface area (Å²) in [4.78, 5) is 27.2. The molecule has 33 heavy (non-hydrogen) atoms. The Kier molecular flexibility index (Phi) is 7.76. The fourth-order valence-electron chi connectivity index (χ4n) is 3.96. The van der Waals surface area contributed by atoms with Crippen LogP contribution in [-0.2, 0) is 14.8 Å². The Morgan fingerprint density at radius 2 is 1.58 bits per heavy atom. The normalized spacial score (nSPS) is 18.8. The largest absolute Gasteiger partial charge is 0.484 e. The predicted molar refractivity (Wildman–Crippen MR) is 127 cm³/mol. The predicted octanol–water partition coefficient (Wildman–Crippen LogP) is 3.36. The van der Waals surface area contributed by atoms with E-state index in [9.17, 15) is 18.0 Å². The first-order chi connectivity index (χ1) is 15.6. The van der Waals surface area contributed by atoms with Crippen molar-refractivity contribution in [3.05, 3.63) is 54.1 Å². The average Bonchev–Trinajstić information content (AvgIpc) is 2.78. The lowest BCUT2D eigenvalue weighted by molar-refractivity contribution is -0.139. The van der Waals surface area contributed by atoms with E-state index in [-0.39, 0.29) is 35.4 Å². The quantitative estimate of drug-likeness (QED) is 0.665. The highest BCUT2D eigenvalue weighted by Gasteiger charge is 2.29. The molecule has 0 bridgehead atoms. The van der Waals surface area contributed by atoms with E-state index >= 15 is 0 Å². The number of piperidine rings is 1. The molecule has 2 aromatic rings. The molecule has 0 radical (unpaired) electrons. The van der Waals surface area contributed by atoms with Crippen LogP contribution in [0.15, 0.2) is 53.4 Å². The zero-order valence-electron chi connectivity index (χ0n) is 19.4.